The number of rotatable bonds is 7. The van der Waals surface area contributed by atoms with E-state index in [4.69, 9.17) is 16.3 Å². The predicted octanol–water partition coefficient (Wildman–Crippen LogP) is 3.01. The van der Waals surface area contributed by atoms with Crippen molar-refractivity contribution in [2.75, 3.05) is 19.7 Å². The van der Waals surface area contributed by atoms with Crippen LogP contribution in [0, 0.1) is 0 Å². The second kappa shape index (κ2) is 8.45. The molecule has 1 saturated heterocycles. The Morgan fingerprint density at radius 2 is 2.20 bits per heavy atom. The second-order valence-corrected chi connectivity index (χ2v) is 6.75. The maximum absolute atomic E-state index is 12.8. The molecule has 1 atom stereocenters. The van der Waals surface area contributed by atoms with Crippen molar-refractivity contribution in [1.29, 1.82) is 0 Å². The minimum atomic E-state index is -0.0836. The molecular formula is C18H23ClN4O2. The van der Waals surface area contributed by atoms with E-state index in [1.807, 2.05) is 29.2 Å². The van der Waals surface area contributed by atoms with Crippen LogP contribution in [0.4, 0.5) is 0 Å². The van der Waals surface area contributed by atoms with Gasteiger partial charge in [0.25, 0.3) is 5.91 Å². The number of halogens is 1. The maximum atomic E-state index is 12.8. The number of carbonyl (C=O) groups excluding carboxylic acids is 1. The first-order chi connectivity index (χ1) is 12.2. The molecule has 1 fully saturated rings. The number of carbonyl (C=O) groups is 1. The fourth-order valence-electron chi connectivity index (χ4n) is 2.99. The predicted molar refractivity (Wildman–Crippen MR) is 95.7 cm³/mol. The third kappa shape index (κ3) is 4.80. The van der Waals surface area contributed by atoms with Gasteiger partial charge in [0.15, 0.2) is 5.69 Å². The highest BCUT2D eigenvalue weighted by Crippen LogP contribution is 2.15. The summed E-state index contributed by atoms with van der Waals surface area (Å²) >= 11 is 5.90. The van der Waals surface area contributed by atoms with Crippen molar-refractivity contribution in [3.63, 3.8) is 0 Å². The van der Waals surface area contributed by atoms with Crippen LogP contribution in [0.2, 0.25) is 5.02 Å². The minimum absolute atomic E-state index is 0.0836. The van der Waals surface area contributed by atoms with Gasteiger partial charge in [-0.15, -0.1) is 5.10 Å². The number of ether oxygens (including phenoxy) is 1. The van der Waals surface area contributed by atoms with Crippen LogP contribution >= 0.6 is 11.6 Å². The SMILES string of the molecule is CCCN(CC1CCCO1)C(=O)c1cn(Cc2ccc(Cl)cc2)nn1. The van der Waals surface area contributed by atoms with Crippen LogP contribution in [-0.2, 0) is 11.3 Å². The van der Waals surface area contributed by atoms with Crippen molar-refractivity contribution >= 4 is 17.5 Å². The number of nitrogens with zero attached hydrogens (tertiary/aromatic N) is 4. The number of benzene rings is 1. The van der Waals surface area contributed by atoms with Crippen molar-refractivity contribution < 1.29 is 9.53 Å². The Morgan fingerprint density at radius 1 is 1.40 bits per heavy atom. The lowest BCUT2D eigenvalue weighted by molar-refractivity contribution is 0.0522. The number of amides is 1. The van der Waals surface area contributed by atoms with Crippen LogP contribution in [0.3, 0.4) is 0 Å². The summed E-state index contributed by atoms with van der Waals surface area (Å²) in [6, 6.07) is 7.55. The highest BCUT2D eigenvalue weighted by atomic mass is 35.5. The monoisotopic (exact) mass is 362 g/mol. The van der Waals surface area contributed by atoms with Gasteiger partial charge in [0.1, 0.15) is 0 Å². The number of hydrogen-bond acceptors (Lipinski definition) is 4. The minimum Gasteiger partial charge on any atom is -0.376 e. The second-order valence-electron chi connectivity index (χ2n) is 6.31. The maximum Gasteiger partial charge on any atom is 0.276 e. The molecule has 7 heteroatoms. The molecule has 0 bridgehead atoms. The molecular weight excluding hydrogens is 340 g/mol. The molecule has 0 N–H and O–H groups in total. The summed E-state index contributed by atoms with van der Waals surface area (Å²) in [6.07, 6.45) is 4.82. The molecule has 0 radical (unpaired) electrons. The average Bonchev–Trinajstić information content (AvgIpc) is 3.28. The van der Waals surface area contributed by atoms with E-state index in [2.05, 4.69) is 17.2 Å². The summed E-state index contributed by atoms with van der Waals surface area (Å²) in [6.45, 7) is 4.72. The number of hydrogen-bond donors (Lipinski definition) is 0. The molecule has 1 amide bonds. The van der Waals surface area contributed by atoms with Gasteiger partial charge >= 0.3 is 0 Å². The summed E-state index contributed by atoms with van der Waals surface area (Å²) in [5.74, 6) is -0.0836. The zero-order valence-corrected chi connectivity index (χ0v) is 15.2. The quantitative estimate of drug-likeness (QED) is 0.759. The van der Waals surface area contributed by atoms with E-state index in [0.29, 0.717) is 30.4 Å². The summed E-state index contributed by atoms with van der Waals surface area (Å²) in [4.78, 5) is 14.6. The third-order valence-electron chi connectivity index (χ3n) is 4.24. The molecule has 3 rings (SSSR count). The Hall–Kier alpha value is -1.92. The van der Waals surface area contributed by atoms with Gasteiger partial charge in [-0.05, 0) is 37.0 Å². The van der Waals surface area contributed by atoms with Gasteiger partial charge in [0.05, 0.1) is 18.8 Å². The van der Waals surface area contributed by atoms with E-state index in [9.17, 15) is 4.79 Å². The van der Waals surface area contributed by atoms with Crippen LogP contribution in [0.1, 0.15) is 42.2 Å². The molecule has 0 aliphatic carbocycles. The molecule has 25 heavy (non-hydrogen) atoms. The standard InChI is InChI=1S/C18H23ClN4O2/c1-2-9-22(12-16-4-3-10-25-16)18(24)17-13-23(21-20-17)11-14-5-7-15(19)8-6-14/h5-8,13,16H,2-4,9-12H2,1H3. The van der Waals surface area contributed by atoms with E-state index in [1.54, 1.807) is 10.9 Å². The van der Waals surface area contributed by atoms with Gasteiger partial charge in [0, 0.05) is 24.7 Å². The summed E-state index contributed by atoms with van der Waals surface area (Å²) in [7, 11) is 0. The van der Waals surface area contributed by atoms with Crippen molar-refractivity contribution in [1.82, 2.24) is 19.9 Å². The summed E-state index contributed by atoms with van der Waals surface area (Å²) in [5.41, 5.74) is 1.43. The molecule has 6 nitrogen and oxygen atoms in total. The van der Waals surface area contributed by atoms with E-state index in [0.717, 1.165) is 31.4 Å². The van der Waals surface area contributed by atoms with Gasteiger partial charge in [-0.1, -0.05) is 35.9 Å². The van der Waals surface area contributed by atoms with Crippen LogP contribution in [0.5, 0.6) is 0 Å². The summed E-state index contributed by atoms with van der Waals surface area (Å²) < 4.78 is 7.34. The first-order valence-corrected chi connectivity index (χ1v) is 9.09. The molecule has 1 aromatic heterocycles. The third-order valence-corrected chi connectivity index (χ3v) is 4.50. The van der Waals surface area contributed by atoms with Gasteiger partial charge in [-0.3, -0.25) is 4.79 Å². The Bertz CT molecular complexity index is 695. The average molecular weight is 363 g/mol. The van der Waals surface area contributed by atoms with Crippen LogP contribution < -0.4 is 0 Å². The largest absolute Gasteiger partial charge is 0.376 e. The molecule has 1 aromatic carbocycles. The number of aromatic nitrogens is 3. The molecule has 1 aliphatic rings. The highest BCUT2D eigenvalue weighted by Gasteiger charge is 2.24. The lowest BCUT2D eigenvalue weighted by Gasteiger charge is -2.24. The van der Waals surface area contributed by atoms with Gasteiger partial charge in [-0.25, -0.2) is 4.68 Å². The van der Waals surface area contributed by atoms with Gasteiger partial charge < -0.3 is 9.64 Å². The van der Waals surface area contributed by atoms with Gasteiger partial charge in [0.2, 0.25) is 0 Å². The highest BCUT2D eigenvalue weighted by molar-refractivity contribution is 6.30. The van der Waals surface area contributed by atoms with E-state index < -0.39 is 0 Å². The van der Waals surface area contributed by atoms with Crippen LogP contribution in [-0.4, -0.2) is 51.6 Å². The van der Waals surface area contributed by atoms with Crippen LogP contribution in [0.15, 0.2) is 30.5 Å². The molecule has 134 valence electrons. The molecule has 1 unspecified atom stereocenters. The molecule has 2 aromatic rings. The zero-order chi connectivity index (χ0) is 17.6. The first kappa shape index (κ1) is 17.9. The topological polar surface area (TPSA) is 60.2 Å². The Kier molecular flexibility index (Phi) is 6.04. The van der Waals surface area contributed by atoms with Crippen molar-refractivity contribution in [2.24, 2.45) is 0 Å². The molecule has 0 spiro atoms. The molecule has 2 heterocycles. The van der Waals surface area contributed by atoms with Crippen molar-refractivity contribution in [3.05, 3.63) is 46.7 Å². The molecule has 1 aliphatic heterocycles. The lowest BCUT2D eigenvalue weighted by Crippen LogP contribution is -2.38. The van der Waals surface area contributed by atoms with Crippen molar-refractivity contribution in [2.45, 2.75) is 38.8 Å². The zero-order valence-electron chi connectivity index (χ0n) is 14.4. The summed E-state index contributed by atoms with van der Waals surface area (Å²) in [5, 5.41) is 8.84. The van der Waals surface area contributed by atoms with Crippen LogP contribution in [0.25, 0.3) is 0 Å². The smallest absolute Gasteiger partial charge is 0.276 e. The fraction of sp³-hybridized carbons (Fsp3) is 0.500. The van der Waals surface area contributed by atoms with E-state index in [1.165, 1.54) is 0 Å². The molecule has 0 saturated carbocycles. The lowest BCUT2D eigenvalue weighted by atomic mass is 10.2. The Labute approximate surface area is 152 Å². The first-order valence-electron chi connectivity index (χ1n) is 8.71. The Morgan fingerprint density at radius 3 is 2.88 bits per heavy atom. The van der Waals surface area contributed by atoms with E-state index >= 15 is 0 Å². The van der Waals surface area contributed by atoms with Gasteiger partial charge in [-0.2, -0.15) is 0 Å². The van der Waals surface area contributed by atoms with E-state index in [-0.39, 0.29) is 12.0 Å². The van der Waals surface area contributed by atoms with Crippen molar-refractivity contribution in [3.8, 4) is 0 Å². The Balaban J connectivity index is 1.65. The normalized spacial score (nSPS) is 17.0. The fourth-order valence-corrected chi connectivity index (χ4v) is 3.12.